The zero-order chi connectivity index (χ0) is 16.9. The van der Waals surface area contributed by atoms with Crippen molar-refractivity contribution in [1.82, 2.24) is 0 Å². The zero-order valence-electron chi connectivity index (χ0n) is 11.4. The normalized spacial score (nSPS) is 16.8. The molecule has 23 heavy (non-hydrogen) atoms. The van der Waals surface area contributed by atoms with Crippen LogP contribution in [0.4, 0.5) is 0 Å². The van der Waals surface area contributed by atoms with E-state index < -0.39 is 34.9 Å². The Balaban J connectivity index is 2.17. The lowest BCUT2D eigenvalue weighted by molar-refractivity contribution is 0.138. The molecular formula is C15H12O8. The highest BCUT2D eigenvalue weighted by molar-refractivity contribution is 5.73. The van der Waals surface area contributed by atoms with E-state index >= 15 is 0 Å². The second kappa shape index (κ2) is 4.89. The van der Waals surface area contributed by atoms with Crippen LogP contribution in [0.3, 0.4) is 0 Å². The van der Waals surface area contributed by atoms with Gasteiger partial charge in [-0.15, -0.1) is 0 Å². The number of fused-ring (bicyclic) bond motifs is 1. The second-order valence-corrected chi connectivity index (χ2v) is 4.96. The fourth-order valence-electron chi connectivity index (χ4n) is 2.32. The Morgan fingerprint density at radius 2 is 1.39 bits per heavy atom. The molecule has 0 unspecified atom stereocenters. The summed E-state index contributed by atoms with van der Waals surface area (Å²) in [6, 6.07) is 4.09. The third-order valence-electron chi connectivity index (χ3n) is 3.41. The first kappa shape index (κ1) is 14.7. The molecule has 0 fully saturated rings. The van der Waals surface area contributed by atoms with Crippen molar-refractivity contribution in [1.29, 1.82) is 0 Å². The third-order valence-corrected chi connectivity index (χ3v) is 3.41. The molecule has 0 radical (unpaired) electrons. The molecule has 8 heteroatoms. The van der Waals surface area contributed by atoms with Crippen LogP contribution >= 0.6 is 0 Å². The van der Waals surface area contributed by atoms with E-state index in [9.17, 15) is 35.7 Å². The molecule has 0 aliphatic carbocycles. The molecule has 2 aromatic carbocycles. The Bertz CT molecular complexity index is 817. The van der Waals surface area contributed by atoms with E-state index in [1.807, 2.05) is 0 Å². The lowest BCUT2D eigenvalue weighted by Crippen LogP contribution is -2.15. The molecular weight excluding hydrogens is 308 g/mol. The summed E-state index contributed by atoms with van der Waals surface area (Å²) in [5.74, 6) is -4.00. The maximum Gasteiger partial charge on any atom is 0.200 e. The first-order valence-electron chi connectivity index (χ1n) is 6.39. The molecule has 1 heterocycles. The van der Waals surface area contributed by atoms with Gasteiger partial charge in [0.2, 0.25) is 0 Å². The van der Waals surface area contributed by atoms with Crippen molar-refractivity contribution in [2.45, 2.75) is 6.10 Å². The molecule has 8 nitrogen and oxygen atoms in total. The molecule has 0 saturated carbocycles. The highest BCUT2D eigenvalue weighted by atomic mass is 16.5. The molecule has 0 spiro atoms. The zero-order valence-corrected chi connectivity index (χ0v) is 11.4. The number of aliphatic hydroxyl groups excluding tert-OH is 2. The lowest BCUT2D eigenvalue weighted by Gasteiger charge is -2.25. The van der Waals surface area contributed by atoms with Gasteiger partial charge in [0.1, 0.15) is 23.4 Å². The van der Waals surface area contributed by atoms with Crippen molar-refractivity contribution >= 4 is 5.76 Å². The maximum absolute atomic E-state index is 10.1. The number of hydrogen-bond donors (Lipinski definition) is 7. The molecule has 7 N–H and O–H groups in total. The first-order valence-corrected chi connectivity index (χ1v) is 6.39. The number of ether oxygens (including phenoxy) is 1. The number of hydrogen-bond acceptors (Lipinski definition) is 8. The van der Waals surface area contributed by atoms with Gasteiger partial charge in [-0.2, -0.15) is 0 Å². The Kier molecular flexibility index (Phi) is 3.12. The van der Waals surface area contributed by atoms with Crippen LogP contribution in [-0.2, 0) is 0 Å². The maximum atomic E-state index is 10.1. The van der Waals surface area contributed by atoms with Crippen LogP contribution in [0.2, 0.25) is 0 Å². The molecule has 2 aromatic rings. The Hall–Kier alpha value is -3.26. The quantitative estimate of drug-likeness (QED) is 0.391. The van der Waals surface area contributed by atoms with E-state index in [-0.39, 0.29) is 28.4 Å². The number of rotatable bonds is 1. The number of phenolic OH excluding ortho intramolecular Hbond substituents is 5. The van der Waals surface area contributed by atoms with Crippen molar-refractivity contribution in [3.63, 3.8) is 0 Å². The van der Waals surface area contributed by atoms with Crippen molar-refractivity contribution in [2.24, 2.45) is 0 Å². The number of phenols is 5. The minimum atomic E-state index is -1.65. The van der Waals surface area contributed by atoms with Crippen molar-refractivity contribution in [3.8, 4) is 34.5 Å². The van der Waals surface area contributed by atoms with Crippen LogP contribution in [-0.4, -0.2) is 35.7 Å². The van der Waals surface area contributed by atoms with E-state index in [1.165, 1.54) is 0 Å². The number of aromatic hydroxyl groups is 5. The summed E-state index contributed by atoms with van der Waals surface area (Å²) in [5, 5.41) is 67.9. The van der Waals surface area contributed by atoms with Crippen LogP contribution in [0.15, 0.2) is 30.0 Å². The van der Waals surface area contributed by atoms with Gasteiger partial charge in [-0.05, 0) is 12.1 Å². The molecule has 120 valence electrons. The average Bonchev–Trinajstić information content (AvgIpc) is 2.47. The van der Waals surface area contributed by atoms with Crippen LogP contribution in [0.25, 0.3) is 5.76 Å². The van der Waals surface area contributed by atoms with Gasteiger partial charge in [-0.25, -0.2) is 0 Å². The van der Waals surface area contributed by atoms with Crippen LogP contribution < -0.4 is 4.74 Å². The molecule has 3 rings (SSSR count). The third kappa shape index (κ3) is 2.21. The molecule has 0 amide bonds. The standard InChI is InChI=1S/C15H12O8/c16-6-3-7(17)11-10(4-6)23-15(14(22)13(11)21)5-1-8(18)12(20)9(19)2-5/h1-4,13,16-22H/t13-/m0/s1. The lowest BCUT2D eigenvalue weighted by atomic mass is 9.99. The van der Waals surface area contributed by atoms with Crippen LogP contribution in [0.5, 0.6) is 34.5 Å². The van der Waals surface area contributed by atoms with Gasteiger partial charge in [-0.1, -0.05) is 0 Å². The first-order chi connectivity index (χ1) is 10.8. The summed E-state index contributed by atoms with van der Waals surface area (Å²) in [6.45, 7) is 0. The predicted molar refractivity (Wildman–Crippen MR) is 76.3 cm³/mol. The topological polar surface area (TPSA) is 151 Å². The summed E-state index contributed by atoms with van der Waals surface area (Å²) >= 11 is 0. The van der Waals surface area contributed by atoms with E-state index in [0.29, 0.717) is 0 Å². The minimum absolute atomic E-state index is 0.0390. The minimum Gasteiger partial charge on any atom is -0.508 e. The second-order valence-electron chi connectivity index (χ2n) is 4.96. The molecule has 0 saturated heterocycles. The van der Waals surface area contributed by atoms with Crippen molar-refractivity contribution in [3.05, 3.63) is 41.2 Å². The summed E-state index contributed by atoms with van der Waals surface area (Å²) in [6.07, 6.45) is -1.65. The fraction of sp³-hybridized carbons (Fsp3) is 0.0667. The molecule has 1 aliphatic heterocycles. The van der Waals surface area contributed by atoms with Crippen molar-refractivity contribution < 1.29 is 40.5 Å². The molecule has 1 atom stereocenters. The summed E-state index contributed by atoms with van der Waals surface area (Å²) in [4.78, 5) is 0. The average molecular weight is 320 g/mol. The monoisotopic (exact) mass is 320 g/mol. The summed E-state index contributed by atoms with van der Waals surface area (Å²) in [7, 11) is 0. The van der Waals surface area contributed by atoms with Gasteiger partial charge >= 0.3 is 0 Å². The van der Waals surface area contributed by atoms with Crippen molar-refractivity contribution in [2.75, 3.05) is 0 Å². The highest BCUT2D eigenvalue weighted by Crippen LogP contribution is 2.47. The number of aliphatic hydroxyl groups is 2. The molecule has 0 bridgehead atoms. The SMILES string of the molecule is OC1=C(c2cc(O)c(O)c(O)c2)Oc2cc(O)cc(O)c2[C@@H]1O. The van der Waals surface area contributed by atoms with Gasteiger partial charge in [0.05, 0.1) is 5.56 Å². The largest absolute Gasteiger partial charge is 0.508 e. The van der Waals surface area contributed by atoms with Crippen LogP contribution in [0.1, 0.15) is 17.2 Å². The smallest absolute Gasteiger partial charge is 0.200 e. The van der Waals surface area contributed by atoms with Gasteiger partial charge in [-0.3, -0.25) is 0 Å². The van der Waals surface area contributed by atoms with E-state index in [1.54, 1.807) is 0 Å². The molecule has 1 aliphatic rings. The van der Waals surface area contributed by atoms with Gasteiger partial charge in [0.15, 0.2) is 28.8 Å². The van der Waals surface area contributed by atoms with Gasteiger partial charge < -0.3 is 40.5 Å². The number of benzene rings is 2. The summed E-state index contributed by atoms with van der Waals surface area (Å²) < 4.78 is 5.36. The van der Waals surface area contributed by atoms with E-state index in [4.69, 9.17) is 4.74 Å². The van der Waals surface area contributed by atoms with E-state index in [0.717, 1.165) is 24.3 Å². The Labute approximate surface area is 129 Å². The molecule has 0 aromatic heterocycles. The summed E-state index contributed by atoms with van der Waals surface area (Å²) in [5.41, 5.74) is -0.181. The Morgan fingerprint density at radius 1 is 0.783 bits per heavy atom. The Morgan fingerprint density at radius 3 is 2.00 bits per heavy atom. The van der Waals surface area contributed by atoms with Crippen LogP contribution in [0, 0.1) is 0 Å². The fourth-order valence-corrected chi connectivity index (χ4v) is 2.32. The predicted octanol–water partition coefficient (Wildman–Crippen LogP) is 1.57. The van der Waals surface area contributed by atoms with Gasteiger partial charge in [0, 0.05) is 17.7 Å². The van der Waals surface area contributed by atoms with Gasteiger partial charge in [0.25, 0.3) is 0 Å². The highest BCUT2D eigenvalue weighted by Gasteiger charge is 2.32. The van der Waals surface area contributed by atoms with E-state index in [2.05, 4.69) is 0 Å².